The molecule has 82 heavy (non-hydrogen) atoms. The summed E-state index contributed by atoms with van der Waals surface area (Å²) in [5, 5.41) is 10.5. The third-order valence-electron chi connectivity index (χ3n) is 15.1. The molecule has 0 saturated carbocycles. The van der Waals surface area contributed by atoms with Crippen molar-refractivity contribution in [3.8, 4) is 0 Å². The van der Waals surface area contributed by atoms with Crippen LogP contribution in [0.3, 0.4) is 0 Å². The lowest BCUT2D eigenvalue weighted by atomic mass is 9.99. The number of ether oxygens (including phenoxy) is 4. The Bertz CT molecular complexity index is 1630. The zero-order chi connectivity index (χ0) is 61.0. The first-order valence-corrected chi connectivity index (χ1v) is 35.9. The van der Waals surface area contributed by atoms with E-state index in [1.165, 1.54) is 109 Å². The van der Waals surface area contributed by atoms with Crippen molar-refractivity contribution in [2.24, 2.45) is 17.8 Å². The quantitative estimate of drug-likeness (QED) is 0.0222. The number of phosphoric acid groups is 2. The highest BCUT2D eigenvalue weighted by atomic mass is 31.2. The Kier molecular flexibility index (Phi) is 53.2. The number of rotatable bonds is 61. The predicted octanol–water partition coefficient (Wildman–Crippen LogP) is 17.1. The fraction of sp³-hybridized carbons (Fsp3) is 0.937. The van der Waals surface area contributed by atoms with Gasteiger partial charge in [0.15, 0.2) is 12.2 Å². The number of phosphoric ester groups is 2. The lowest BCUT2D eigenvalue weighted by Crippen LogP contribution is -2.30. The normalized spacial score (nSPS) is 15.1. The van der Waals surface area contributed by atoms with Gasteiger partial charge in [0, 0.05) is 25.7 Å². The molecule has 0 aromatic rings. The second-order valence-corrected chi connectivity index (χ2v) is 26.7. The molecule has 0 aliphatic rings. The van der Waals surface area contributed by atoms with Gasteiger partial charge < -0.3 is 33.8 Å². The molecule has 0 aromatic carbocycles. The van der Waals surface area contributed by atoms with E-state index < -0.39 is 97.5 Å². The van der Waals surface area contributed by atoms with E-state index in [2.05, 4.69) is 48.5 Å². The first kappa shape index (κ1) is 80.1. The van der Waals surface area contributed by atoms with Crippen LogP contribution in [-0.2, 0) is 65.4 Å². The molecular weight excluding hydrogens is 1090 g/mol. The highest BCUT2D eigenvalue weighted by molar-refractivity contribution is 7.47. The Morgan fingerprint density at radius 1 is 0.354 bits per heavy atom. The molecule has 486 valence electrons. The summed E-state index contributed by atoms with van der Waals surface area (Å²) < 4.78 is 67.8. The molecular formula is C63H122O17P2. The molecule has 0 aliphatic heterocycles. The Labute approximate surface area is 498 Å². The van der Waals surface area contributed by atoms with Crippen LogP contribution in [0.15, 0.2) is 0 Å². The van der Waals surface area contributed by atoms with Gasteiger partial charge in [-0.2, -0.15) is 0 Å². The summed E-state index contributed by atoms with van der Waals surface area (Å²) in [6, 6.07) is 0. The Balaban J connectivity index is 5.20. The number of aliphatic hydroxyl groups is 1. The third-order valence-corrected chi connectivity index (χ3v) is 17.0. The lowest BCUT2D eigenvalue weighted by Gasteiger charge is -2.21. The number of carbonyl (C=O) groups is 4. The largest absolute Gasteiger partial charge is 0.472 e. The van der Waals surface area contributed by atoms with Crippen LogP contribution in [0.5, 0.6) is 0 Å². The number of hydrogen-bond acceptors (Lipinski definition) is 15. The van der Waals surface area contributed by atoms with E-state index in [-0.39, 0.29) is 25.7 Å². The van der Waals surface area contributed by atoms with Crippen LogP contribution < -0.4 is 0 Å². The van der Waals surface area contributed by atoms with Gasteiger partial charge in [0.2, 0.25) is 0 Å². The fourth-order valence-electron chi connectivity index (χ4n) is 9.24. The molecule has 0 aromatic heterocycles. The van der Waals surface area contributed by atoms with Gasteiger partial charge in [-0.05, 0) is 43.4 Å². The first-order chi connectivity index (χ1) is 39.3. The lowest BCUT2D eigenvalue weighted by molar-refractivity contribution is -0.161. The fourth-order valence-corrected chi connectivity index (χ4v) is 10.8. The molecule has 17 nitrogen and oxygen atoms in total. The van der Waals surface area contributed by atoms with Crippen molar-refractivity contribution >= 4 is 39.5 Å². The van der Waals surface area contributed by atoms with Gasteiger partial charge in [-0.3, -0.25) is 37.3 Å². The van der Waals surface area contributed by atoms with Crippen molar-refractivity contribution in [1.29, 1.82) is 0 Å². The smallest absolute Gasteiger partial charge is 0.462 e. The molecule has 0 heterocycles. The molecule has 0 fully saturated rings. The van der Waals surface area contributed by atoms with Gasteiger partial charge in [0.25, 0.3) is 0 Å². The van der Waals surface area contributed by atoms with Gasteiger partial charge in [-0.15, -0.1) is 0 Å². The summed E-state index contributed by atoms with van der Waals surface area (Å²) in [6.45, 7) is 11.7. The van der Waals surface area contributed by atoms with Crippen LogP contribution in [0.2, 0.25) is 0 Å². The zero-order valence-electron chi connectivity index (χ0n) is 52.9. The second kappa shape index (κ2) is 54.5. The summed E-state index contributed by atoms with van der Waals surface area (Å²) in [4.78, 5) is 71.9. The van der Waals surface area contributed by atoms with Gasteiger partial charge >= 0.3 is 39.5 Å². The summed E-state index contributed by atoms with van der Waals surface area (Å²) in [5.74, 6) is 0.133. The maximum Gasteiger partial charge on any atom is 0.472 e. The van der Waals surface area contributed by atoms with Crippen molar-refractivity contribution < 1.29 is 80.2 Å². The standard InChI is InChI=1S/C63H122O17P2/c1-8-11-12-27-37-44-60(65)73-50-58(80-63(68)47-40-33-26-25-30-36-43-56(7)10-3)52-77-81(69,70)75-48-57(64)49-76-82(71,72)78-53-59(51-74-61(66)45-38-31-23-19-15-13-17-21-28-34-41-54(4)5)79-62(67)46-39-32-24-20-16-14-18-22-29-35-42-55(6)9-2/h54-59,64H,8-53H2,1-7H3,(H,69,70)(H,71,72)/t55?,56?,57-,58+,59+/m0/s1. The SMILES string of the molecule is CCCCCCCC(=O)OC[C@H](COP(=O)(O)OC[C@H](O)COP(=O)(O)OC[C@@H](COC(=O)CCCCCCCCCCCCC(C)C)OC(=O)CCCCCCCCCCCCC(C)CC)OC(=O)CCCCCCCCC(C)CC. The van der Waals surface area contributed by atoms with Crippen molar-refractivity contribution in [2.45, 2.75) is 324 Å². The molecule has 0 bridgehead atoms. The molecule has 3 N–H and O–H groups in total. The highest BCUT2D eigenvalue weighted by Crippen LogP contribution is 2.45. The number of carbonyl (C=O) groups excluding carboxylic acids is 4. The maximum atomic E-state index is 13.0. The molecule has 4 unspecified atom stereocenters. The minimum absolute atomic E-state index is 0.102. The van der Waals surface area contributed by atoms with Crippen LogP contribution in [0.25, 0.3) is 0 Å². The molecule has 0 saturated heterocycles. The second-order valence-electron chi connectivity index (χ2n) is 23.8. The molecule has 19 heteroatoms. The first-order valence-electron chi connectivity index (χ1n) is 32.9. The molecule has 0 amide bonds. The Morgan fingerprint density at radius 2 is 0.622 bits per heavy atom. The number of aliphatic hydroxyl groups excluding tert-OH is 1. The van der Waals surface area contributed by atoms with Gasteiger partial charge in [0.05, 0.1) is 26.4 Å². The topological polar surface area (TPSA) is 237 Å². The molecule has 0 radical (unpaired) electrons. The van der Waals surface area contributed by atoms with E-state index in [1.807, 2.05) is 0 Å². The van der Waals surface area contributed by atoms with Crippen molar-refractivity contribution in [3.63, 3.8) is 0 Å². The molecule has 0 rings (SSSR count). The Morgan fingerprint density at radius 3 is 0.927 bits per heavy atom. The minimum Gasteiger partial charge on any atom is -0.462 e. The van der Waals surface area contributed by atoms with E-state index >= 15 is 0 Å². The van der Waals surface area contributed by atoms with Crippen LogP contribution in [-0.4, -0.2) is 96.7 Å². The maximum absolute atomic E-state index is 13.0. The minimum atomic E-state index is -4.94. The van der Waals surface area contributed by atoms with Crippen LogP contribution in [0.4, 0.5) is 0 Å². The summed E-state index contributed by atoms with van der Waals surface area (Å²) in [6.07, 6.45) is 35.1. The number of unbranched alkanes of at least 4 members (excludes halogenated alkanes) is 27. The number of hydrogen-bond donors (Lipinski definition) is 3. The van der Waals surface area contributed by atoms with E-state index in [4.69, 9.17) is 37.0 Å². The summed E-state index contributed by atoms with van der Waals surface area (Å²) >= 11 is 0. The van der Waals surface area contributed by atoms with Crippen molar-refractivity contribution in [1.82, 2.24) is 0 Å². The summed E-state index contributed by atoms with van der Waals surface area (Å²) in [7, 11) is -9.88. The van der Waals surface area contributed by atoms with E-state index in [9.17, 15) is 43.2 Å². The Hall–Kier alpha value is -1.94. The average Bonchev–Trinajstić information content (AvgIpc) is 3.44. The van der Waals surface area contributed by atoms with Crippen molar-refractivity contribution in [3.05, 3.63) is 0 Å². The van der Waals surface area contributed by atoms with E-state index in [0.29, 0.717) is 25.7 Å². The number of esters is 4. The van der Waals surface area contributed by atoms with E-state index in [1.54, 1.807) is 0 Å². The summed E-state index contributed by atoms with van der Waals surface area (Å²) in [5.41, 5.74) is 0. The van der Waals surface area contributed by atoms with Crippen LogP contribution >= 0.6 is 15.6 Å². The van der Waals surface area contributed by atoms with Gasteiger partial charge in [-0.1, -0.05) is 254 Å². The average molecular weight is 1210 g/mol. The molecule has 0 spiro atoms. The molecule has 7 atom stereocenters. The van der Waals surface area contributed by atoms with Crippen LogP contribution in [0, 0.1) is 17.8 Å². The van der Waals surface area contributed by atoms with Gasteiger partial charge in [0.1, 0.15) is 19.3 Å². The van der Waals surface area contributed by atoms with Crippen LogP contribution in [0.1, 0.15) is 305 Å². The van der Waals surface area contributed by atoms with Crippen molar-refractivity contribution in [2.75, 3.05) is 39.6 Å². The molecule has 0 aliphatic carbocycles. The van der Waals surface area contributed by atoms with Gasteiger partial charge in [-0.25, -0.2) is 9.13 Å². The predicted molar refractivity (Wildman–Crippen MR) is 326 cm³/mol. The van der Waals surface area contributed by atoms with E-state index in [0.717, 1.165) is 114 Å². The monoisotopic (exact) mass is 1210 g/mol. The third kappa shape index (κ3) is 54.7. The zero-order valence-corrected chi connectivity index (χ0v) is 54.7. The highest BCUT2D eigenvalue weighted by Gasteiger charge is 2.30.